The number of thioether (sulfide) groups is 1. The Morgan fingerprint density at radius 1 is 1.27 bits per heavy atom. The number of hydrogen-bond acceptors (Lipinski definition) is 3. The van der Waals surface area contributed by atoms with Gasteiger partial charge in [-0.05, 0) is 43.3 Å². The van der Waals surface area contributed by atoms with E-state index in [1.165, 1.54) is 35.2 Å². The molecule has 3 rings (SSSR count). The number of aromatic nitrogens is 1. The lowest BCUT2D eigenvalue weighted by Crippen LogP contribution is -2.16. The number of nitrogens with zero attached hydrogens (tertiary/aromatic N) is 2. The standard InChI is InChI=1S/C18H15Cl2FN2OS2/c1-2-23-17-14(20)9-11(19)10-15(17)26-18(23)22-16(24)7-8-25-13-5-3-12(21)4-6-13/h3-6,9-10H,2,7-8H2,1H3. The predicted molar refractivity (Wildman–Crippen MR) is 108 cm³/mol. The van der Waals surface area contributed by atoms with Crippen LogP contribution in [0.3, 0.4) is 0 Å². The highest BCUT2D eigenvalue weighted by Crippen LogP contribution is 2.29. The van der Waals surface area contributed by atoms with Gasteiger partial charge in [-0.15, -0.1) is 11.8 Å². The van der Waals surface area contributed by atoms with E-state index in [1.54, 1.807) is 18.2 Å². The summed E-state index contributed by atoms with van der Waals surface area (Å²) in [6.07, 6.45) is 0.300. The van der Waals surface area contributed by atoms with Gasteiger partial charge in [0.1, 0.15) is 5.82 Å². The van der Waals surface area contributed by atoms with Crippen LogP contribution in [0.4, 0.5) is 4.39 Å². The van der Waals surface area contributed by atoms with Crippen molar-refractivity contribution >= 4 is 62.4 Å². The molecule has 1 aromatic heterocycles. The van der Waals surface area contributed by atoms with Crippen LogP contribution in [-0.2, 0) is 11.3 Å². The highest BCUT2D eigenvalue weighted by Gasteiger charge is 2.11. The molecule has 136 valence electrons. The molecular formula is C18H15Cl2FN2OS2. The molecule has 8 heteroatoms. The Morgan fingerprint density at radius 2 is 2.00 bits per heavy atom. The van der Waals surface area contributed by atoms with E-state index in [9.17, 15) is 9.18 Å². The van der Waals surface area contributed by atoms with Crippen molar-refractivity contribution in [3.05, 3.63) is 57.1 Å². The van der Waals surface area contributed by atoms with Crippen LogP contribution in [-0.4, -0.2) is 16.2 Å². The molecule has 0 saturated carbocycles. The minimum atomic E-state index is -0.270. The first-order valence-electron chi connectivity index (χ1n) is 7.92. The first-order valence-corrected chi connectivity index (χ1v) is 10.5. The minimum Gasteiger partial charge on any atom is -0.315 e. The van der Waals surface area contributed by atoms with E-state index in [0.29, 0.717) is 33.6 Å². The first kappa shape index (κ1) is 19.4. The van der Waals surface area contributed by atoms with Crippen molar-refractivity contribution in [2.75, 3.05) is 5.75 Å². The van der Waals surface area contributed by atoms with Crippen LogP contribution in [0.2, 0.25) is 10.0 Å². The van der Waals surface area contributed by atoms with E-state index >= 15 is 0 Å². The fraction of sp³-hybridized carbons (Fsp3) is 0.222. The molecule has 1 heterocycles. The Hall–Kier alpha value is -1.34. The van der Waals surface area contributed by atoms with Crippen molar-refractivity contribution < 1.29 is 9.18 Å². The van der Waals surface area contributed by atoms with Crippen molar-refractivity contribution in [2.24, 2.45) is 4.99 Å². The number of halogens is 3. The van der Waals surface area contributed by atoms with Gasteiger partial charge in [-0.25, -0.2) is 4.39 Å². The molecule has 0 aliphatic heterocycles. The molecule has 0 radical (unpaired) electrons. The van der Waals surface area contributed by atoms with Gasteiger partial charge in [-0.2, -0.15) is 4.99 Å². The predicted octanol–water partition coefficient (Wildman–Crippen LogP) is 5.78. The van der Waals surface area contributed by atoms with Crippen molar-refractivity contribution in [3.63, 3.8) is 0 Å². The molecule has 0 unspecified atom stereocenters. The van der Waals surface area contributed by atoms with Crippen molar-refractivity contribution in [1.29, 1.82) is 0 Å². The number of rotatable bonds is 5. The molecule has 0 saturated heterocycles. The van der Waals surface area contributed by atoms with Crippen molar-refractivity contribution in [3.8, 4) is 0 Å². The number of carbonyl (C=O) groups is 1. The normalized spacial score (nSPS) is 12.1. The maximum atomic E-state index is 12.9. The Bertz CT molecular complexity index is 1010. The number of fused-ring (bicyclic) bond motifs is 1. The lowest BCUT2D eigenvalue weighted by Gasteiger charge is -2.03. The molecule has 3 aromatic rings. The molecule has 0 spiro atoms. The quantitative estimate of drug-likeness (QED) is 0.482. The zero-order valence-electron chi connectivity index (χ0n) is 13.8. The van der Waals surface area contributed by atoms with Crippen LogP contribution in [0.25, 0.3) is 10.2 Å². The van der Waals surface area contributed by atoms with Gasteiger partial charge in [0, 0.05) is 28.6 Å². The molecule has 0 fully saturated rings. The molecule has 0 aliphatic carbocycles. The maximum Gasteiger partial charge on any atom is 0.249 e. The topological polar surface area (TPSA) is 34.4 Å². The van der Waals surface area contributed by atoms with Crippen LogP contribution in [0.15, 0.2) is 46.3 Å². The zero-order valence-corrected chi connectivity index (χ0v) is 17.0. The number of aryl methyl sites for hydroxylation is 1. The van der Waals surface area contributed by atoms with Crippen LogP contribution in [0.5, 0.6) is 0 Å². The highest BCUT2D eigenvalue weighted by atomic mass is 35.5. The summed E-state index contributed by atoms with van der Waals surface area (Å²) in [6.45, 7) is 2.63. The second-order valence-corrected chi connectivity index (χ2v) is 8.44. The third-order valence-corrected chi connectivity index (χ3v) is 6.18. The largest absolute Gasteiger partial charge is 0.315 e. The van der Waals surface area contributed by atoms with Gasteiger partial charge in [0.25, 0.3) is 0 Å². The summed E-state index contributed by atoms with van der Waals surface area (Å²) in [5.74, 6) is 0.112. The SMILES string of the molecule is CCn1c(=NC(=O)CCSc2ccc(F)cc2)sc2cc(Cl)cc(Cl)c21. The van der Waals surface area contributed by atoms with Gasteiger partial charge in [0.2, 0.25) is 5.91 Å². The second kappa shape index (κ2) is 8.57. The first-order chi connectivity index (χ1) is 12.5. The van der Waals surface area contributed by atoms with E-state index in [0.717, 1.165) is 15.1 Å². The van der Waals surface area contributed by atoms with Crippen LogP contribution in [0.1, 0.15) is 13.3 Å². The third-order valence-electron chi connectivity index (χ3n) is 3.63. The number of benzene rings is 2. The van der Waals surface area contributed by atoms with Crippen molar-refractivity contribution in [1.82, 2.24) is 4.57 Å². The smallest absolute Gasteiger partial charge is 0.249 e. The fourth-order valence-electron chi connectivity index (χ4n) is 2.46. The molecule has 2 aromatic carbocycles. The summed E-state index contributed by atoms with van der Waals surface area (Å²) >= 11 is 15.3. The van der Waals surface area contributed by atoms with Crippen molar-refractivity contribution in [2.45, 2.75) is 24.8 Å². The average Bonchev–Trinajstić information content (AvgIpc) is 2.93. The summed E-state index contributed by atoms with van der Waals surface area (Å²) in [5, 5.41) is 1.10. The monoisotopic (exact) mass is 428 g/mol. The zero-order chi connectivity index (χ0) is 18.7. The van der Waals surface area contributed by atoms with Crippen LogP contribution >= 0.6 is 46.3 Å². The van der Waals surface area contributed by atoms with E-state index in [2.05, 4.69) is 4.99 Å². The summed E-state index contributed by atoms with van der Waals surface area (Å²) in [7, 11) is 0. The number of hydrogen-bond donors (Lipinski definition) is 0. The summed E-state index contributed by atoms with van der Waals surface area (Å²) in [4.78, 5) is 18.0. The van der Waals surface area contributed by atoms with Gasteiger partial charge in [0.15, 0.2) is 4.80 Å². The lowest BCUT2D eigenvalue weighted by molar-refractivity contribution is -0.117. The van der Waals surface area contributed by atoms with Gasteiger partial charge in [0.05, 0.1) is 15.2 Å². The Balaban J connectivity index is 1.77. The molecule has 3 nitrogen and oxygen atoms in total. The summed E-state index contributed by atoms with van der Waals surface area (Å²) in [6, 6.07) is 9.73. The van der Waals surface area contributed by atoms with Crippen LogP contribution < -0.4 is 4.80 Å². The van der Waals surface area contributed by atoms with Gasteiger partial charge < -0.3 is 4.57 Å². The number of amides is 1. The molecule has 26 heavy (non-hydrogen) atoms. The molecule has 0 atom stereocenters. The summed E-state index contributed by atoms with van der Waals surface area (Å²) in [5.41, 5.74) is 0.843. The Morgan fingerprint density at radius 3 is 2.69 bits per heavy atom. The molecule has 0 N–H and O–H groups in total. The number of carbonyl (C=O) groups excluding carboxylic acids is 1. The van der Waals surface area contributed by atoms with Crippen LogP contribution in [0, 0.1) is 5.82 Å². The molecule has 0 bridgehead atoms. The van der Waals surface area contributed by atoms with Gasteiger partial charge >= 0.3 is 0 Å². The van der Waals surface area contributed by atoms with E-state index in [-0.39, 0.29) is 11.7 Å². The molecular weight excluding hydrogens is 414 g/mol. The van der Waals surface area contributed by atoms with E-state index < -0.39 is 0 Å². The second-order valence-electron chi connectivity index (χ2n) is 5.42. The van der Waals surface area contributed by atoms with Gasteiger partial charge in [-0.3, -0.25) is 4.79 Å². The Kier molecular flexibility index (Phi) is 6.40. The lowest BCUT2D eigenvalue weighted by atomic mass is 10.3. The highest BCUT2D eigenvalue weighted by molar-refractivity contribution is 7.99. The average molecular weight is 429 g/mol. The molecule has 1 amide bonds. The minimum absolute atomic E-state index is 0.199. The summed E-state index contributed by atoms with van der Waals surface area (Å²) < 4.78 is 15.7. The maximum absolute atomic E-state index is 12.9. The van der Waals surface area contributed by atoms with E-state index in [4.69, 9.17) is 23.2 Å². The molecule has 0 aliphatic rings. The fourth-order valence-corrected chi connectivity index (χ4v) is 5.19. The third kappa shape index (κ3) is 4.49. The van der Waals surface area contributed by atoms with Gasteiger partial charge in [-0.1, -0.05) is 34.5 Å². The Labute approximate surface area is 168 Å². The number of thiazole rings is 1. The van der Waals surface area contributed by atoms with E-state index in [1.807, 2.05) is 17.6 Å².